The highest BCUT2D eigenvalue weighted by molar-refractivity contribution is 14.1. The van der Waals surface area contributed by atoms with Crippen molar-refractivity contribution in [2.24, 2.45) is 0 Å². The summed E-state index contributed by atoms with van der Waals surface area (Å²) < 4.78 is 11.1. The smallest absolute Gasteiger partial charge is 0.406 e. The van der Waals surface area contributed by atoms with Crippen LogP contribution in [0.3, 0.4) is 0 Å². The Kier molecular flexibility index (Phi) is 5.49. The summed E-state index contributed by atoms with van der Waals surface area (Å²) in [6, 6.07) is 3.95. The fraction of sp³-hybridized carbons (Fsp3) is 0.467. The van der Waals surface area contributed by atoms with E-state index in [2.05, 4.69) is 32.6 Å². The van der Waals surface area contributed by atoms with Gasteiger partial charge in [-0.15, -0.1) is 0 Å². The number of hydrogen-bond donors (Lipinski definition) is 1. The number of nitrogens with one attached hydrogen (secondary N) is 1. The van der Waals surface area contributed by atoms with Crippen molar-refractivity contribution >= 4 is 40.3 Å². The summed E-state index contributed by atoms with van der Waals surface area (Å²) in [6.45, 7) is 4.44. The first-order chi connectivity index (χ1) is 10.5. The van der Waals surface area contributed by atoms with E-state index in [0.29, 0.717) is 18.8 Å². The van der Waals surface area contributed by atoms with Crippen LogP contribution < -0.4 is 15.0 Å². The average Bonchev–Trinajstić information content (AvgIpc) is 2.51. The molecule has 1 atom stereocenters. The maximum Gasteiger partial charge on any atom is 0.406 e. The minimum atomic E-state index is -0.532. The average molecular weight is 418 g/mol. The Morgan fingerprint density at radius 1 is 1.50 bits per heavy atom. The summed E-state index contributed by atoms with van der Waals surface area (Å²) in [7, 11) is 1.31. The second-order valence-corrected chi connectivity index (χ2v) is 5.81. The molecule has 1 aromatic rings. The van der Waals surface area contributed by atoms with Gasteiger partial charge < -0.3 is 19.7 Å². The van der Waals surface area contributed by atoms with Crippen LogP contribution in [-0.4, -0.2) is 38.3 Å². The zero-order valence-corrected chi connectivity index (χ0v) is 15.0. The first kappa shape index (κ1) is 16.9. The number of ether oxygens (including phenoxy) is 2. The Morgan fingerprint density at radius 3 is 2.86 bits per heavy atom. The molecule has 0 spiro atoms. The third kappa shape index (κ3) is 3.45. The molecule has 2 rings (SSSR count). The number of amides is 2. The molecule has 0 aromatic heterocycles. The van der Waals surface area contributed by atoms with E-state index in [4.69, 9.17) is 4.74 Å². The van der Waals surface area contributed by atoms with Gasteiger partial charge in [0.25, 0.3) is 5.91 Å². The number of benzene rings is 1. The number of hydrogen-bond acceptors (Lipinski definition) is 4. The summed E-state index contributed by atoms with van der Waals surface area (Å²) in [5.41, 5.74) is 3.06. The molecule has 1 N–H and O–H groups in total. The Hall–Kier alpha value is -1.51. The monoisotopic (exact) mass is 418 g/mol. The zero-order valence-electron chi connectivity index (χ0n) is 12.8. The van der Waals surface area contributed by atoms with Crippen LogP contribution in [-0.2, 0) is 14.0 Å². The van der Waals surface area contributed by atoms with Gasteiger partial charge >= 0.3 is 6.09 Å². The highest BCUT2D eigenvalue weighted by Gasteiger charge is 2.31. The molecule has 1 aliphatic heterocycles. The molecular formula is C15H19IN2O4. The van der Waals surface area contributed by atoms with Gasteiger partial charge in [0.1, 0.15) is 5.75 Å². The molecule has 0 saturated carbocycles. The molecule has 1 aromatic carbocycles. The first-order valence-electron chi connectivity index (χ1n) is 6.97. The number of alkyl halides is 1. The van der Waals surface area contributed by atoms with Crippen LogP contribution in [0.4, 0.5) is 10.5 Å². The highest BCUT2D eigenvalue weighted by Crippen LogP contribution is 2.36. The van der Waals surface area contributed by atoms with Crippen molar-refractivity contribution in [3.63, 3.8) is 0 Å². The van der Waals surface area contributed by atoms with Crippen LogP contribution in [0.25, 0.3) is 0 Å². The molecule has 1 aliphatic rings. The lowest BCUT2D eigenvalue weighted by atomic mass is 10.1. The Morgan fingerprint density at radius 2 is 2.23 bits per heavy atom. The fourth-order valence-corrected chi connectivity index (χ4v) is 3.14. The van der Waals surface area contributed by atoms with Gasteiger partial charge in [-0.2, -0.15) is 0 Å². The molecule has 7 heteroatoms. The molecule has 22 heavy (non-hydrogen) atoms. The largest absolute Gasteiger partial charge is 0.479 e. The lowest BCUT2D eigenvalue weighted by Gasteiger charge is -2.33. The van der Waals surface area contributed by atoms with Gasteiger partial charge in [0.05, 0.1) is 12.8 Å². The molecule has 0 radical (unpaired) electrons. The van der Waals surface area contributed by atoms with E-state index in [1.54, 1.807) is 11.8 Å². The normalized spacial score (nSPS) is 16.8. The standard InChI is InChI=1S/C15H19IN2O4/c1-9-6-12-13(7-11(9)8-16)22-10(2)14(19)18(12)5-4-17-15(20)21-3/h6-7,10H,4-5,8H2,1-3H3,(H,17,20). The fourth-order valence-electron chi connectivity index (χ4n) is 2.32. The SMILES string of the molecule is COC(=O)NCCN1C(=O)C(C)Oc2cc(CI)c(C)cc21. The summed E-state index contributed by atoms with van der Waals surface area (Å²) in [5, 5.41) is 2.59. The maximum absolute atomic E-state index is 12.4. The Balaban J connectivity index is 2.24. The van der Waals surface area contributed by atoms with E-state index in [0.717, 1.165) is 15.7 Å². The molecule has 0 saturated heterocycles. The van der Waals surface area contributed by atoms with E-state index >= 15 is 0 Å². The molecule has 0 aliphatic carbocycles. The molecular weight excluding hydrogens is 399 g/mol. The van der Waals surface area contributed by atoms with E-state index in [1.807, 2.05) is 19.1 Å². The van der Waals surface area contributed by atoms with Crippen LogP contribution in [0.2, 0.25) is 0 Å². The third-order valence-corrected chi connectivity index (χ3v) is 4.38. The molecule has 2 amide bonds. The lowest BCUT2D eigenvalue weighted by molar-refractivity contribution is -0.125. The van der Waals surface area contributed by atoms with Gasteiger partial charge in [0.15, 0.2) is 6.10 Å². The van der Waals surface area contributed by atoms with Crippen molar-refractivity contribution in [2.45, 2.75) is 24.4 Å². The third-order valence-electron chi connectivity index (χ3n) is 3.56. The van der Waals surface area contributed by atoms with Crippen LogP contribution in [0.15, 0.2) is 12.1 Å². The Labute approximate surface area is 143 Å². The van der Waals surface area contributed by atoms with Crippen molar-refractivity contribution in [3.8, 4) is 5.75 Å². The molecule has 0 bridgehead atoms. The van der Waals surface area contributed by atoms with E-state index in [9.17, 15) is 9.59 Å². The summed E-state index contributed by atoms with van der Waals surface area (Å²) in [4.78, 5) is 25.1. The van der Waals surface area contributed by atoms with Gasteiger partial charge in [0.2, 0.25) is 0 Å². The van der Waals surface area contributed by atoms with E-state index in [-0.39, 0.29) is 5.91 Å². The summed E-state index contributed by atoms with van der Waals surface area (Å²) in [5.74, 6) is 0.600. The number of halogens is 1. The van der Waals surface area contributed by atoms with Crippen LogP contribution in [0.5, 0.6) is 5.75 Å². The number of carbonyl (C=O) groups excluding carboxylic acids is 2. The van der Waals surface area contributed by atoms with E-state index < -0.39 is 12.2 Å². The number of aryl methyl sites for hydroxylation is 1. The number of anilines is 1. The number of fused-ring (bicyclic) bond motifs is 1. The predicted octanol–water partition coefficient (Wildman–Crippen LogP) is 2.40. The highest BCUT2D eigenvalue weighted by atomic mass is 127. The topological polar surface area (TPSA) is 67.9 Å². The van der Waals surface area contributed by atoms with Crippen molar-refractivity contribution in [1.82, 2.24) is 5.32 Å². The van der Waals surface area contributed by atoms with Crippen LogP contribution in [0, 0.1) is 6.92 Å². The second kappa shape index (κ2) is 7.17. The summed E-state index contributed by atoms with van der Waals surface area (Å²) in [6.07, 6.45) is -1.04. The van der Waals surface area contributed by atoms with Crippen molar-refractivity contribution in [2.75, 3.05) is 25.1 Å². The molecule has 6 nitrogen and oxygen atoms in total. The maximum atomic E-state index is 12.4. The van der Waals surface area contributed by atoms with Crippen molar-refractivity contribution < 1.29 is 19.1 Å². The van der Waals surface area contributed by atoms with Gasteiger partial charge in [-0.1, -0.05) is 22.6 Å². The molecule has 0 fully saturated rings. The number of carbonyl (C=O) groups is 2. The first-order valence-corrected chi connectivity index (χ1v) is 8.49. The number of nitrogens with zero attached hydrogens (tertiary/aromatic N) is 1. The predicted molar refractivity (Wildman–Crippen MR) is 91.8 cm³/mol. The minimum Gasteiger partial charge on any atom is -0.479 e. The van der Waals surface area contributed by atoms with E-state index in [1.165, 1.54) is 12.7 Å². The zero-order chi connectivity index (χ0) is 16.3. The summed E-state index contributed by atoms with van der Waals surface area (Å²) >= 11 is 2.30. The molecule has 1 heterocycles. The van der Waals surface area contributed by atoms with Crippen LogP contribution in [0.1, 0.15) is 18.1 Å². The Bertz CT molecular complexity index is 591. The second-order valence-electron chi connectivity index (χ2n) is 5.05. The number of rotatable bonds is 4. The number of methoxy groups -OCH3 is 1. The lowest BCUT2D eigenvalue weighted by Crippen LogP contribution is -2.47. The minimum absolute atomic E-state index is 0.110. The van der Waals surface area contributed by atoms with Gasteiger partial charge in [0, 0.05) is 17.5 Å². The van der Waals surface area contributed by atoms with Crippen LogP contribution >= 0.6 is 22.6 Å². The van der Waals surface area contributed by atoms with Gasteiger partial charge in [-0.05, 0) is 37.1 Å². The molecule has 1 unspecified atom stereocenters. The van der Waals surface area contributed by atoms with Crippen molar-refractivity contribution in [1.29, 1.82) is 0 Å². The van der Waals surface area contributed by atoms with Gasteiger partial charge in [-0.25, -0.2) is 4.79 Å². The van der Waals surface area contributed by atoms with Gasteiger partial charge in [-0.3, -0.25) is 4.79 Å². The molecule has 120 valence electrons. The van der Waals surface area contributed by atoms with Crippen molar-refractivity contribution in [3.05, 3.63) is 23.3 Å². The number of alkyl carbamates (subject to hydrolysis) is 1. The quantitative estimate of drug-likeness (QED) is 0.603.